The van der Waals surface area contributed by atoms with Crippen LogP contribution in [0.5, 0.6) is 0 Å². The van der Waals surface area contributed by atoms with Crippen LogP contribution in [0.25, 0.3) is 0 Å². The minimum Gasteiger partial charge on any atom is -0.481 e. The number of carboxylic acid groups (broad SMARTS) is 1. The fraction of sp³-hybridized carbons (Fsp3) is 0.868. The first-order valence-corrected chi connectivity index (χ1v) is 42.7. The highest BCUT2D eigenvalue weighted by Crippen LogP contribution is 2.16. The molecule has 4 heterocycles. The van der Waals surface area contributed by atoms with E-state index in [1.807, 2.05) is 20.8 Å². The van der Waals surface area contributed by atoms with Crippen molar-refractivity contribution in [2.75, 3.05) is 149 Å². The number of cyclic esters (lactones) is 2. The van der Waals surface area contributed by atoms with Gasteiger partial charge in [0.1, 0.15) is 16.8 Å². The zero-order valence-corrected chi connectivity index (χ0v) is 64.0. The van der Waals surface area contributed by atoms with E-state index >= 15 is 0 Å². The Labute approximate surface area is 586 Å². The van der Waals surface area contributed by atoms with Crippen LogP contribution in [0.2, 0.25) is 0 Å². The number of nitrogens with one attached hydrogen (secondary N) is 5. The SMILES string of the molecule is CC(C)(C)OC(=O)NCCN.CC(C)(C)OC(=O)NCCN1CCCCS1(=O)=O.CC(C)(C)OC(=O)NCCNS(=O)(=O)CCCCCl.NCCN1CCCCS1(=O)=O.O=C(O)CSCC(=O)NCCN1CCCCS1(=O)=O.O=C1CSCC(=O)O1.O=S(=O)(Cl)CCCCCl. The zero-order chi connectivity index (χ0) is 73.6. The molecule has 0 aromatic carbocycles. The van der Waals surface area contributed by atoms with Gasteiger partial charge in [-0.1, -0.05) is 0 Å². The largest absolute Gasteiger partial charge is 0.481 e. The van der Waals surface area contributed by atoms with Crippen molar-refractivity contribution in [3.8, 4) is 0 Å². The number of nitrogens with two attached hydrogens (primary N) is 2. The van der Waals surface area contributed by atoms with E-state index in [0.29, 0.717) is 113 Å². The topological polar surface area (TPSA) is 469 Å². The Morgan fingerprint density at radius 2 is 0.937 bits per heavy atom. The molecule has 0 aliphatic carbocycles. The summed E-state index contributed by atoms with van der Waals surface area (Å²) >= 11 is 13.1. The number of rotatable bonds is 26. The predicted octanol–water partition coefficient (Wildman–Crippen LogP) is 2.95. The number of carbonyl (C=O) groups is 7. The van der Waals surface area contributed by atoms with Gasteiger partial charge in [0, 0.05) is 108 Å². The maximum absolute atomic E-state index is 11.7. The van der Waals surface area contributed by atoms with E-state index in [4.69, 9.17) is 64.7 Å². The first kappa shape index (κ1) is 96.2. The number of carbonyl (C=O) groups excluding carboxylic acids is 6. The van der Waals surface area contributed by atoms with Gasteiger partial charge in [0.05, 0.1) is 51.8 Å². The number of thioether (sulfide) groups is 2. The second-order valence-electron chi connectivity index (χ2n) is 23.5. The fourth-order valence-corrected chi connectivity index (χ4v) is 15.4. The second-order valence-corrected chi connectivity index (χ2v) is 37.3. The minimum absolute atomic E-state index is 0.0290. The number of unbranched alkanes of at least 4 members (excludes halogenated alkanes) is 2. The first-order chi connectivity index (χ1) is 43.8. The van der Waals surface area contributed by atoms with Crippen LogP contribution in [0.15, 0.2) is 0 Å². The molecule has 562 valence electrons. The van der Waals surface area contributed by atoms with Gasteiger partial charge in [-0.15, -0.1) is 46.7 Å². The number of halogens is 3. The molecule has 0 aromatic rings. The quantitative estimate of drug-likeness (QED) is 0.0154. The van der Waals surface area contributed by atoms with Gasteiger partial charge in [-0.05, 0) is 127 Å². The van der Waals surface area contributed by atoms with Gasteiger partial charge in [-0.3, -0.25) is 19.2 Å². The van der Waals surface area contributed by atoms with Crippen LogP contribution >= 0.6 is 57.4 Å². The van der Waals surface area contributed by atoms with Crippen molar-refractivity contribution >= 4 is 149 Å². The third kappa shape index (κ3) is 60.6. The van der Waals surface area contributed by atoms with E-state index in [-0.39, 0.29) is 73.1 Å². The van der Waals surface area contributed by atoms with Crippen molar-refractivity contribution in [3.05, 3.63) is 0 Å². The number of ether oxygens (including phenoxy) is 4. The smallest absolute Gasteiger partial charge is 0.407 e. The number of hydrogen-bond donors (Lipinski definition) is 8. The van der Waals surface area contributed by atoms with Gasteiger partial charge in [0.2, 0.25) is 55.1 Å². The Hall–Kier alpha value is -3.03. The summed E-state index contributed by atoms with van der Waals surface area (Å²) < 4.78 is 138. The lowest BCUT2D eigenvalue weighted by molar-refractivity contribution is -0.156. The molecule has 0 spiro atoms. The van der Waals surface area contributed by atoms with E-state index in [9.17, 15) is 75.7 Å². The Balaban J connectivity index is -0.00000106. The Morgan fingerprint density at radius 3 is 1.27 bits per heavy atom. The van der Waals surface area contributed by atoms with Gasteiger partial charge in [-0.2, -0.15) is 0 Å². The monoisotopic (exact) mass is 1560 g/mol. The summed E-state index contributed by atoms with van der Waals surface area (Å²) in [6.45, 7) is 21.0. The lowest BCUT2D eigenvalue weighted by Crippen LogP contribution is -2.43. The van der Waals surface area contributed by atoms with Crippen molar-refractivity contribution in [3.63, 3.8) is 0 Å². The van der Waals surface area contributed by atoms with Crippen LogP contribution < -0.4 is 37.5 Å². The second kappa shape index (κ2) is 51.2. The summed E-state index contributed by atoms with van der Waals surface area (Å²) in [4.78, 5) is 75.5. The average molecular weight is 1570 g/mol. The average Bonchev–Trinajstić information content (AvgIpc) is 0.882. The number of alkyl carbamates (subject to hydrolysis) is 3. The number of nitrogens with zero attached hydrogens (tertiary/aromatic N) is 3. The zero-order valence-electron chi connectivity index (χ0n) is 56.1. The molecule has 0 saturated carbocycles. The highest BCUT2D eigenvalue weighted by atomic mass is 35.7. The third-order valence-electron chi connectivity index (χ3n) is 11.1. The molecule has 42 heteroatoms. The summed E-state index contributed by atoms with van der Waals surface area (Å²) in [7, 11) is -10.9. The number of amides is 4. The molecule has 32 nitrogen and oxygen atoms in total. The Kier molecular flexibility index (Phi) is 51.8. The molecule has 0 aromatic heterocycles. The van der Waals surface area contributed by atoms with Crippen molar-refractivity contribution < 1.29 is 99.7 Å². The van der Waals surface area contributed by atoms with Crippen molar-refractivity contribution in [1.82, 2.24) is 38.9 Å². The molecular weight excluding hydrogens is 1460 g/mol. The van der Waals surface area contributed by atoms with Gasteiger partial charge >= 0.3 is 36.2 Å². The van der Waals surface area contributed by atoms with E-state index < -0.39 is 102 Å². The van der Waals surface area contributed by atoms with E-state index in [1.165, 1.54) is 24.7 Å². The van der Waals surface area contributed by atoms with Crippen LogP contribution in [-0.2, 0) is 87.3 Å². The number of sulfonamides is 4. The lowest BCUT2D eigenvalue weighted by Gasteiger charge is -2.26. The molecular formula is C53H105Cl3N10O22S7. The molecule has 4 aliphatic heterocycles. The van der Waals surface area contributed by atoms with Gasteiger partial charge in [-0.25, -0.2) is 74.1 Å². The molecule has 0 unspecified atom stereocenters. The van der Waals surface area contributed by atoms with Crippen molar-refractivity contribution in [2.24, 2.45) is 11.5 Å². The molecule has 4 saturated heterocycles. The van der Waals surface area contributed by atoms with Crippen LogP contribution in [0.1, 0.15) is 127 Å². The number of alkyl halides is 2. The maximum atomic E-state index is 11.7. The van der Waals surface area contributed by atoms with Crippen LogP contribution in [0.3, 0.4) is 0 Å². The molecule has 4 amide bonds. The standard InChI is InChI=1S/C11H23ClN2O4S.C11H22N2O4S.C10H18N2O5S2.C7H16N2O2.C6H14N2O2S.C4H8Cl2O2S.C4H4O3S/c1-11(2,3)18-10(15)13-7-8-14-19(16,17)9-5-4-6-12;1-11(2,3)17-10(14)12-6-8-13-7-4-5-9-18(13,15)16;13-9(7-18-8-10(14)15)11-3-5-12-4-1-2-6-19(12,16)17;1-7(2,3)11-6(10)9-5-4-8;7-3-5-8-4-1-2-6-11(8,9)10;5-3-1-2-4-9(6,7)8;5-3-1-8-2-4(6)7-3/h14H,4-9H2,1-3H3,(H,13,15);4-9H2,1-3H3,(H,12,14);1-8H2,(H,11,13)(H,14,15);4-5,8H2,1-3H3,(H,9,10);1-7H2;1-4H2;1-2H2. The van der Waals surface area contributed by atoms with Crippen LogP contribution in [0.4, 0.5) is 14.4 Å². The predicted molar refractivity (Wildman–Crippen MR) is 372 cm³/mol. The molecule has 4 aliphatic rings. The fourth-order valence-electron chi connectivity index (χ4n) is 7.02. The molecule has 4 rings (SSSR count). The van der Waals surface area contributed by atoms with Gasteiger partial charge in [0.25, 0.3) is 0 Å². The molecule has 0 bridgehead atoms. The highest BCUT2D eigenvalue weighted by Gasteiger charge is 2.28. The van der Waals surface area contributed by atoms with Gasteiger partial charge in [0.15, 0.2) is 0 Å². The van der Waals surface area contributed by atoms with Crippen LogP contribution in [0, 0.1) is 0 Å². The van der Waals surface area contributed by atoms with E-state index in [2.05, 4.69) is 30.7 Å². The van der Waals surface area contributed by atoms with Crippen molar-refractivity contribution in [1.29, 1.82) is 0 Å². The molecule has 95 heavy (non-hydrogen) atoms. The summed E-state index contributed by atoms with van der Waals surface area (Å²) in [6.07, 6.45) is 5.86. The van der Waals surface area contributed by atoms with Crippen molar-refractivity contribution in [2.45, 2.75) is 143 Å². The lowest BCUT2D eigenvalue weighted by atomic mass is 10.2. The molecule has 10 N–H and O–H groups in total. The minimum atomic E-state index is -3.29. The maximum Gasteiger partial charge on any atom is 0.407 e. The first-order valence-electron chi connectivity index (χ1n) is 30.4. The summed E-state index contributed by atoms with van der Waals surface area (Å²) in [5.41, 5.74) is 8.91. The molecule has 0 radical (unpaired) electrons. The number of carboxylic acids is 1. The van der Waals surface area contributed by atoms with E-state index in [1.54, 1.807) is 41.5 Å². The Bertz CT molecular complexity index is 2820. The summed E-state index contributed by atoms with van der Waals surface area (Å²) in [5, 5.41) is 18.5. The Morgan fingerprint density at radius 1 is 0.558 bits per heavy atom. The highest BCUT2D eigenvalue weighted by molar-refractivity contribution is 8.13. The van der Waals surface area contributed by atoms with Gasteiger partial charge < -0.3 is 56.8 Å². The molecule has 4 fully saturated rings. The number of esters is 2. The van der Waals surface area contributed by atoms with Crippen LogP contribution in [-0.4, -0.2) is 268 Å². The summed E-state index contributed by atoms with van der Waals surface area (Å²) in [6, 6.07) is 0. The number of hydrogen-bond acceptors (Lipinski definition) is 25. The van der Waals surface area contributed by atoms with E-state index in [0.717, 1.165) is 43.9 Å². The number of aliphatic carboxylic acids is 1. The molecule has 0 atom stereocenters. The normalized spacial score (nSPS) is 17.1. The third-order valence-corrected chi connectivity index (χ3v) is 22.0. The summed E-state index contributed by atoms with van der Waals surface area (Å²) in [5.74, 6) is 0.192.